The van der Waals surface area contributed by atoms with E-state index in [1.807, 2.05) is 6.92 Å². The van der Waals surface area contributed by atoms with Crippen molar-refractivity contribution in [2.75, 3.05) is 7.11 Å². The van der Waals surface area contributed by atoms with E-state index in [9.17, 15) is 13.2 Å². The van der Waals surface area contributed by atoms with Crippen molar-refractivity contribution in [3.8, 4) is 0 Å². The summed E-state index contributed by atoms with van der Waals surface area (Å²) in [6, 6.07) is 6.23. The van der Waals surface area contributed by atoms with Crippen molar-refractivity contribution < 1.29 is 22.1 Å². The zero-order valence-electron chi connectivity index (χ0n) is 11.0. The average molecular weight is 284 g/mol. The molecule has 19 heavy (non-hydrogen) atoms. The number of esters is 1. The van der Waals surface area contributed by atoms with Gasteiger partial charge >= 0.3 is 16.1 Å². The van der Waals surface area contributed by atoms with Crippen LogP contribution < -0.4 is 0 Å². The third-order valence-corrected chi connectivity index (χ3v) is 3.65. The number of aryl methyl sites for hydroxylation is 1. The molecule has 0 N–H and O–H groups in total. The maximum absolute atomic E-state index is 11.9. The number of carbonyl (C=O) groups excluding carboxylic acids is 1. The number of hydrogen-bond donors (Lipinski definition) is 0. The number of methoxy groups -OCH3 is 1. The van der Waals surface area contributed by atoms with E-state index in [1.54, 1.807) is 19.1 Å². The topological polar surface area (TPSA) is 69.7 Å². The van der Waals surface area contributed by atoms with E-state index < -0.39 is 16.1 Å². The molecule has 0 aliphatic heterocycles. The normalized spacial score (nSPS) is 12.1. The zero-order valence-corrected chi connectivity index (χ0v) is 11.9. The Balaban J connectivity index is 2.94. The van der Waals surface area contributed by atoms with Crippen LogP contribution in [0.3, 0.4) is 0 Å². The maximum Gasteiger partial charge on any atom is 0.338 e. The van der Waals surface area contributed by atoms with Gasteiger partial charge < -0.3 is 8.92 Å². The molecule has 0 saturated heterocycles. The molecule has 0 radical (unpaired) electrons. The fourth-order valence-corrected chi connectivity index (χ4v) is 2.11. The average Bonchev–Trinajstić information content (AvgIpc) is 2.39. The zero-order chi connectivity index (χ0) is 14.5. The van der Waals surface area contributed by atoms with Crippen molar-refractivity contribution >= 4 is 16.1 Å². The lowest BCUT2D eigenvalue weighted by atomic mass is 10.2. The Morgan fingerprint density at radius 1 is 1.26 bits per heavy atom. The monoisotopic (exact) mass is 284 g/mol. The molecular weight excluding hydrogens is 268 g/mol. The Bertz CT molecular complexity index is 570. The highest BCUT2D eigenvalue weighted by molar-refractivity contribution is 7.86. The SMILES string of the molecule is CC/C(=C/OS(=O)(=O)c1ccc(C)cc1)C(=O)OC. The van der Waals surface area contributed by atoms with Crippen molar-refractivity contribution in [1.29, 1.82) is 0 Å². The molecule has 0 heterocycles. The summed E-state index contributed by atoms with van der Waals surface area (Å²) >= 11 is 0. The highest BCUT2D eigenvalue weighted by atomic mass is 32.2. The lowest BCUT2D eigenvalue weighted by Gasteiger charge is -2.05. The third-order valence-electron chi connectivity index (χ3n) is 2.46. The molecule has 1 rings (SSSR count). The molecule has 6 heteroatoms. The Labute approximate surface area is 113 Å². The highest BCUT2D eigenvalue weighted by Crippen LogP contribution is 2.15. The van der Waals surface area contributed by atoms with Crippen LogP contribution in [0.2, 0.25) is 0 Å². The molecule has 0 unspecified atom stereocenters. The second kappa shape index (κ2) is 6.38. The molecule has 0 aliphatic rings. The minimum absolute atomic E-state index is 0.0367. The summed E-state index contributed by atoms with van der Waals surface area (Å²) < 4.78 is 33.0. The molecule has 0 amide bonds. The van der Waals surface area contributed by atoms with Gasteiger partial charge in [0.1, 0.15) is 11.2 Å². The Hall–Kier alpha value is -1.82. The summed E-state index contributed by atoms with van der Waals surface area (Å²) in [7, 11) is -2.69. The number of benzene rings is 1. The van der Waals surface area contributed by atoms with E-state index in [0.717, 1.165) is 11.8 Å². The molecule has 0 aromatic heterocycles. The van der Waals surface area contributed by atoms with Crippen molar-refractivity contribution in [3.63, 3.8) is 0 Å². The lowest BCUT2D eigenvalue weighted by Crippen LogP contribution is -2.07. The van der Waals surface area contributed by atoms with E-state index in [4.69, 9.17) is 4.18 Å². The summed E-state index contributed by atoms with van der Waals surface area (Å²) in [5.41, 5.74) is 1.09. The van der Waals surface area contributed by atoms with Crippen molar-refractivity contribution in [2.45, 2.75) is 25.2 Å². The lowest BCUT2D eigenvalue weighted by molar-refractivity contribution is -0.136. The second-order valence-corrected chi connectivity index (χ2v) is 5.42. The largest absolute Gasteiger partial charge is 0.466 e. The highest BCUT2D eigenvalue weighted by Gasteiger charge is 2.16. The standard InChI is InChI=1S/C13H16O5S/c1-4-11(13(14)17-3)9-18-19(15,16)12-7-5-10(2)6-8-12/h5-9H,4H2,1-3H3/b11-9-. The van der Waals surface area contributed by atoms with E-state index >= 15 is 0 Å². The van der Waals surface area contributed by atoms with E-state index in [1.165, 1.54) is 19.2 Å². The third kappa shape index (κ3) is 4.10. The molecule has 0 fully saturated rings. The fraction of sp³-hybridized carbons (Fsp3) is 0.308. The van der Waals surface area contributed by atoms with Crippen LogP contribution in [-0.4, -0.2) is 21.5 Å². The number of hydrogen-bond acceptors (Lipinski definition) is 5. The number of ether oxygens (including phenoxy) is 1. The summed E-state index contributed by atoms with van der Waals surface area (Å²) in [5.74, 6) is -0.610. The predicted octanol–water partition coefficient (Wildman–Crippen LogP) is 2.17. The van der Waals surface area contributed by atoms with E-state index in [2.05, 4.69) is 4.74 Å². The van der Waals surface area contributed by atoms with Crippen molar-refractivity contribution in [2.24, 2.45) is 0 Å². The first-order valence-corrected chi connectivity index (χ1v) is 7.09. The molecular formula is C13H16O5S. The van der Waals surface area contributed by atoms with Crippen molar-refractivity contribution in [1.82, 2.24) is 0 Å². The summed E-state index contributed by atoms with van der Waals surface area (Å²) in [4.78, 5) is 11.3. The summed E-state index contributed by atoms with van der Waals surface area (Å²) in [6.45, 7) is 3.55. The summed E-state index contributed by atoms with van der Waals surface area (Å²) in [5, 5.41) is 0. The van der Waals surface area contributed by atoms with Crippen LogP contribution in [-0.2, 0) is 23.8 Å². The Kier molecular flexibility index (Phi) is 5.11. The van der Waals surface area contributed by atoms with Gasteiger partial charge in [-0.3, -0.25) is 0 Å². The van der Waals surface area contributed by atoms with E-state index in [0.29, 0.717) is 6.42 Å². The van der Waals surface area contributed by atoms with Crippen LogP contribution in [0, 0.1) is 6.92 Å². The van der Waals surface area contributed by atoms with Gasteiger partial charge in [-0.2, -0.15) is 8.42 Å². The minimum atomic E-state index is -3.91. The van der Waals surface area contributed by atoms with Gasteiger partial charge in [-0.15, -0.1) is 0 Å². The van der Waals surface area contributed by atoms with Gasteiger partial charge in [0.05, 0.1) is 12.7 Å². The number of carbonyl (C=O) groups is 1. The van der Waals surface area contributed by atoms with Gasteiger partial charge in [0.25, 0.3) is 0 Å². The smallest absolute Gasteiger partial charge is 0.338 e. The fourth-order valence-electron chi connectivity index (χ4n) is 1.29. The number of rotatable bonds is 5. The molecule has 0 spiro atoms. The first kappa shape index (κ1) is 15.2. The van der Waals surface area contributed by atoms with Crippen LogP contribution in [0.5, 0.6) is 0 Å². The minimum Gasteiger partial charge on any atom is -0.466 e. The molecule has 0 atom stereocenters. The molecule has 1 aromatic rings. The second-order valence-electron chi connectivity index (χ2n) is 3.85. The quantitative estimate of drug-likeness (QED) is 0.359. The molecule has 5 nitrogen and oxygen atoms in total. The Morgan fingerprint density at radius 2 is 1.84 bits per heavy atom. The molecule has 1 aromatic carbocycles. The van der Waals surface area contributed by atoms with Gasteiger partial charge in [-0.05, 0) is 25.5 Å². The molecule has 0 aliphatic carbocycles. The van der Waals surface area contributed by atoms with Gasteiger partial charge in [0, 0.05) is 0 Å². The van der Waals surface area contributed by atoms with E-state index in [-0.39, 0.29) is 10.5 Å². The molecule has 0 bridgehead atoms. The van der Waals surface area contributed by atoms with Gasteiger partial charge in [-0.25, -0.2) is 4.79 Å². The molecule has 0 saturated carbocycles. The first-order valence-electron chi connectivity index (χ1n) is 5.68. The summed E-state index contributed by atoms with van der Waals surface area (Å²) in [6.07, 6.45) is 1.23. The maximum atomic E-state index is 11.9. The first-order chi connectivity index (χ1) is 8.90. The van der Waals surface area contributed by atoms with Gasteiger partial charge in [-0.1, -0.05) is 24.6 Å². The van der Waals surface area contributed by atoms with Gasteiger partial charge in [0.15, 0.2) is 0 Å². The van der Waals surface area contributed by atoms with Crippen LogP contribution in [0.25, 0.3) is 0 Å². The van der Waals surface area contributed by atoms with Crippen LogP contribution in [0.4, 0.5) is 0 Å². The molecule has 104 valence electrons. The predicted molar refractivity (Wildman–Crippen MR) is 69.8 cm³/mol. The van der Waals surface area contributed by atoms with Crippen LogP contribution >= 0.6 is 0 Å². The Morgan fingerprint density at radius 3 is 2.32 bits per heavy atom. The van der Waals surface area contributed by atoms with Crippen LogP contribution in [0.1, 0.15) is 18.9 Å². The van der Waals surface area contributed by atoms with Gasteiger partial charge in [0.2, 0.25) is 0 Å². The van der Waals surface area contributed by atoms with Crippen LogP contribution in [0.15, 0.2) is 41.0 Å². The van der Waals surface area contributed by atoms with Crippen molar-refractivity contribution in [3.05, 3.63) is 41.7 Å².